The van der Waals surface area contributed by atoms with Crippen molar-refractivity contribution in [1.82, 2.24) is 10.0 Å². The molecular weight excluding hydrogens is 260 g/mol. The van der Waals surface area contributed by atoms with Gasteiger partial charge in [-0.25, -0.2) is 13.1 Å². The maximum absolute atomic E-state index is 12.1. The highest BCUT2D eigenvalue weighted by Crippen LogP contribution is 2.20. The molecule has 0 aliphatic carbocycles. The number of hydrogen-bond acceptors (Lipinski definition) is 3. The average molecular weight is 284 g/mol. The van der Waals surface area contributed by atoms with Gasteiger partial charge in [0.15, 0.2) is 0 Å². The van der Waals surface area contributed by atoms with Crippen molar-refractivity contribution in [3.63, 3.8) is 0 Å². The van der Waals surface area contributed by atoms with Crippen LogP contribution in [0.4, 0.5) is 0 Å². The van der Waals surface area contributed by atoms with E-state index in [1.165, 1.54) is 0 Å². The topological polar surface area (TPSA) is 58.2 Å². The highest BCUT2D eigenvalue weighted by Gasteiger charge is 2.17. The standard InChI is InChI=1S/C14H24N2O2S/c1-5-7-15-10-13-9-14(12(4)8-11(13)3)19(17,18)16-6-2/h8-9,15-16H,5-7,10H2,1-4H3. The lowest BCUT2D eigenvalue weighted by atomic mass is 10.1. The number of aryl methyl sites for hydroxylation is 2. The van der Waals surface area contributed by atoms with Gasteiger partial charge in [0, 0.05) is 13.1 Å². The Hall–Kier alpha value is -0.910. The summed E-state index contributed by atoms with van der Waals surface area (Å²) in [5, 5.41) is 3.31. The van der Waals surface area contributed by atoms with Gasteiger partial charge in [-0.05, 0) is 49.6 Å². The van der Waals surface area contributed by atoms with Crippen LogP contribution in [0.1, 0.15) is 37.0 Å². The lowest BCUT2D eigenvalue weighted by Crippen LogP contribution is -2.24. The molecule has 0 saturated carbocycles. The molecule has 0 aliphatic rings. The Morgan fingerprint density at radius 1 is 1.11 bits per heavy atom. The predicted octanol–water partition coefficient (Wildman–Crippen LogP) is 2.10. The number of benzene rings is 1. The molecule has 0 aromatic heterocycles. The van der Waals surface area contributed by atoms with Gasteiger partial charge in [0.1, 0.15) is 0 Å². The summed E-state index contributed by atoms with van der Waals surface area (Å²) in [4.78, 5) is 0.383. The molecule has 0 bridgehead atoms. The second kappa shape index (κ2) is 7.03. The fraction of sp³-hybridized carbons (Fsp3) is 0.571. The maximum atomic E-state index is 12.1. The van der Waals surface area contributed by atoms with Crippen molar-refractivity contribution in [1.29, 1.82) is 0 Å². The first kappa shape index (κ1) is 16.1. The molecule has 0 atom stereocenters. The summed E-state index contributed by atoms with van der Waals surface area (Å²) in [5.41, 5.74) is 2.95. The van der Waals surface area contributed by atoms with E-state index >= 15 is 0 Å². The summed E-state index contributed by atoms with van der Waals surface area (Å²) >= 11 is 0. The molecular formula is C14H24N2O2S. The fourth-order valence-electron chi connectivity index (χ4n) is 2.02. The lowest BCUT2D eigenvalue weighted by molar-refractivity contribution is 0.583. The molecule has 0 aliphatic heterocycles. The van der Waals surface area contributed by atoms with Crippen molar-refractivity contribution in [2.45, 2.75) is 45.6 Å². The molecule has 1 aromatic rings. The smallest absolute Gasteiger partial charge is 0.240 e. The van der Waals surface area contributed by atoms with Crippen LogP contribution in [0, 0.1) is 13.8 Å². The largest absolute Gasteiger partial charge is 0.313 e. The third-order valence-corrected chi connectivity index (χ3v) is 4.69. The molecule has 0 amide bonds. The highest BCUT2D eigenvalue weighted by atomic mass is 32.2. The van der Waals surface area contributed by atoms with E-state index < -0.39 is 10.0 Å². The van der Waals surface area contributed by atoms with Crippen LogP contribution in [0.25, 0.3) is 0 Å². The zero-order valence-corrected chi connectivity index (χ0v) is 13.0. The van der Waals surface area contributed by atoms with Gasteiger partial charge in [0.05, 0.1) is 4.90 Å². The Labute approximate surface area is 116 Å². The molecule has 5 heteroatoms. The van der Waals surface area contributed by atoms with Gasteiger partial charge in [0.2, 0.25) is 10.0 Å². The Bertz CT molecular complexity index is 524. The SMILES string of the molecule is CCCNCc1cc(S(=O)(=O)NCC)c(C)cc1C. The summed E-state index contributed by atoms with van der Waals surface area (Å²) in [5.74, 6) is 0. The minimum absolute atomic E-state index is 0.383. The van der Waals surface area contributed by atoms with Gasteiger partial charge in [-0.3, -0.25) is 0 Å². The van der Waals surface area contributed by atoms with E-state index in [9.17, 15) is 8.42 Å². The zero-order valence-electron chi connectivity index (χ0n) is 12.2. The van der Waals surface area contributed by atoms with E-state index in [0.717, 1.165) is 29.7 Å². The first-order chi connectivity index (χ1) is 8.92. The second-order valence-corrected chi connectivity index (χ2v) is 6.46. The molecule has 0 saturated heterocycles. The van der Waals surface area contributed by atoms with Crippen molar-refractivity contribution in [2.24, 2.45) is 0 Å². The predicted molar refractivity (Wildman–Crippen MR) is 78.8 cm³/mol. The Morgan fingerprint density at radius 2 is 1.79 bits per heavy atom. The Balaban J connectivity index is 3.09. The van der Waals surface area contributed by atoms with Crippen LogP contribution in [0.3, 0.4) is 0 Å². The molecule has 19 heavy (non-hydrogen) atoms. The van der Waals surface area contributed by atoms with Crippen LogP contribution in [0.2, 0.25) is 0 Å². The van der Waals surface area contributed by atoms with E-state index in [4.69, 9.17) is 0 Å². The normalized spacial score (nSPS) is 11.8. The van der Waals surface area contributed by atoms with Crippen LogP contribution in [-0.4, -0.2) is 21.5 Å². The molecule has 108 valence electrons. The lowest BCUT2D eigenvalue weighted by Gasteiger charge is -2.13. The van der Waals surface area contributed by atoms with E-state index in [1.54, 1.807) is 13.0 Å². The quantitative estimate of drug-likeness (QED) is 0.754. The van der Waals surface area contributed by atoms with Crippen LogP contribution in [0.15, 0.2) is 17.0 Å². The van der Waals surface area contributed by atoms with Gasteiger partial charge in [-0.2, -0.15) is 0 Å². The molecule has 4 nitrogen and oxygen atoms in total. The van der Waals surface area contributed by atoms with Gasteiger partial charge in [-0.1, -0.05) is 19.9 Å². The van der Waals surface area contributed by atoms with Crippen LogP contribution in [0.5, 0.6) is 0 Å². The van der Waals surface area contributed by atoms with Gasteiger partial charge < -0.3 is 5.32 Å². The van der Waals surface area contributed by atoms with Gasteiger partial charge in [-0.15, -0.1) is 0 Å². The first-order valence-electron chi connectivity index (χ1n) is 6.72. The number of nitrogens with one attached hydrogen (secondary N) is 2. The molecule has 0 unspecified atom stereocenters. The molecule has 0 radical (unpaired) electrons. The van der Waals surface area contributed by atoms with Gasteiger partial charge >= 0.3 is 0 Å². The van der Waals surface area contributed by atoms with Crippen molar-refractivity contribution < 1.29 is 8.42 Å². The summed E-state index contributed by atoms with van der Waals surface area (Å²) in [6.07, 6.45) is 1.06. The average Bonchev–Trinajstić information content (AvgIpc) is 2.31. The molecule has 1 aromatic carbocycles. The third-order valence-electron chi connectivity index (χ3n) is 3.00. The Morgan fingerprint density at radius 3 is 2.37 bits per heavy atom. The summed E-state index contributed by atoms with van der Waals surface area (Å²) < 4.78 is 26.8. The Kier molecular flexibility index (Phi) is 5.97. The number of rotatable bonds is 7. The summed E-state index contributed by atoms with van der Waals surface area (Å²) in [7, 11) is -3.39. The van der Waals surface area contributed by atoms with E-state index in [1.807, 2.05) is 19.9 Å². The maximum Gasteiger partial charge on any atom is 0.240 e. The summed E-state index contributed by atoms with van der Waals surface area (Å²) in [6.45, 7) is 9.78. The summed E-state index contributed by atoms with van der Waals surface area (Å²) in [6, 6.07) is 3.72. The minimum Gasteiger partial charge on any atom is -0.313 e. The third kappa shape index (κ3) is 4.30. The monoisotopic (exact) mass is 284 g/mol. The van der Waals surface area contributed by atoms with Crippen LogP contribution >= 0.6 is 0 Å². The fourth-order valence-corrected chi connectivity index (χ4v) is 3.34. The first-order valence-corrected chi connectivity index (χ1v) is 8.21. The molecule has 0 spiro atoms. The van der Waals surface area contributed by atoms with E-state index in [0.29, 0.717) is 18.0 Å². The van der Waals surface area contributed by atoms with Crippen molar-refractivity contribution in [3.8, 4) is 0 Å². The van der Waals surface area contributed by atoms with Crippen LogP contribution in [-0.2, 0) is 16.6 Å². The van der Waals surface area contributed by atoms with Crippen LogP contribution < -0.4 is 10.0 Å². The van der Waals surface area contributed by atoms with Crippen molar-refractivity contribution >= 4 is 10.0 Å². The zero-order chi connectivity index (χ0) is 14.5. The molecule has 2 N–H and O–H groups in total. The molecule has 1 rings (SSSR count). The van der Waals surface area contributed by atoms with Crippen molar-refractivity contribution in [2.75, 3.05) is 13.1 Å². The van der Waals surface area contributed by atoms with Gasteiger partial charge in [0.25, 0.3) is 0 Å². The number of hydrogen-bond donors (Lipinski definition) is 2. The number of sulfonamides is 1. The van der Waals surface area contributed by atoms with E-state index in [-0.39, 0.29) is 0 Å². The highest BCUT2D eigenvalue weighted by molar-refractivity contribution is 7.89. The molecule has 0 heterocycles. The minimum atomic E-state index is -3.39. The van der Waals surface area contributed by atoms with E-state index in [2.05, 4.69) is 17.0 Å². The van der Waals surface area contributed by atoms with Crippen molar-refractivity contribution in [3.05, 3.63) is 28.8 Å². The molecule has 0 fully saturated rings. The second-order valence-electron chi connectivity index (χ2n) is 4.72.